The predicted molar refractivity (Wildman–Crippen MR) is 140 cm³/mol. The number of benzene rings is 2. The third-order valence-electron chi connectivity index (χ3n) is 6.69. The van der Waals surface area contributed by atoms with Crippen LogP contribution in [0, 0.1) is 12.7 Å². The summed E-state index contributed by atoms with van der Waals surface area (Å²) in [5, 5.41) is 2.61. The number of likely N-dealkylation sites (tertiary alicyclic amines) is 1. The fourth-order valence-corrected chi connectivity index (χ4v) is 4.93. The van der Waals surface area contributed by atoms with Gasteiger partial charge in [0.15, 0.2) is 5.84 Å². The number of hydrogen-bond donors (Lipinski definition) is 1. The third-order valence-corrected chi connectivity index (χ3v) is 7.01. The van der Waals surface area contributed by atoms with Crippen molar-refractivity contribution in [3.05, 3.63) is 101 Å². The summed E-state index contributed by atoms with van der Waals surface area (Å²) in [6.45, 7) is 19.1. The van der Waals surface area contributed by atoms with Crippen LogP contribution < -0.4 is 5.43 Å². The molecular weight excluding hydrogens is 447 g/mol. The molecule has 0 saturated carbocycles. The summed E-state index contributed by atoms with van der Waals surface area (Å²) in [6.07, 6.45) is 2.76. The van der Waals surface area contributed by atoms with Crippen LogP contribution in [0.5, 0.6) is 0 Å². The highest BCUT2D eigenvalue weighted by Gasteiger charge is 2.24. The highest BCUT2D eigenvalue weighted by atomic mass is 35.5. The third kappa shape index (κ3) is 5.20. The lowest BCUT2D eigenvalue weighted by atomic mass is 9.88. The number of aliphatic imine (C=N–C) groups is 1. The van der Waals surface area contributed by atoms with E-state index in [2.05, 4.69) is 43.1 Å². The van der Waals surface area contributed by atoms with E-state index < -0.39 is 0 Å². The molecule has 34 heavy (non-hydrogen) atoms. The van der Waals surface area contributed by atoms with Crippen molar-refractivity contribution in [1.29, 1.82) is 0 Å². The molecule has 2 aromatic carbocycles. The average molecular weight is 479 g/mol. The first-order valence-corrected chi connectivity index (χ1v) is 12.1. The molecule has 2 heterocycles. The van der Waals surface area contributed by atoms with E-state index in [9.17, 15) is 4.39 Å². The lowest BCUT2D eigenvalue weighted by Gasteiger charge is -2.35. The largest absolute Gasteiger partial charge is 0.371 e. The molecule has 0 unspecified atom stereocenters. The van der Waals surface area contributed by atoms with Gasteiger partial charge in [-0.1, -0.05) is 43.5 Å². The molecule has 0 aliphatic carbocycles. The van der Waals surface area contributed by atoms with E-state index >= 15 is 0 Å². The van der Waals surface area contributed by atoms with Crippen LogP contribution in [0.1, 0.15) is 54.4 Å². The molecule has 0 radical (unpaired) electrons. The van der Waals surface area contributed by atoms with Gasteiger partial charge in [-0.25, -0.2) is 9.38 Å². The van der Waals surface area contributed by atoms with Gasteiger partial charge in [0.05, 0.1) is 5.02 Å². The molecule has 2 aliphatic rings. The Morgan fingerprint density at radius 2 is 1.79 bits per heavy atom. The predicted octanol–water partition coefficient (Wildman–Crippen LogP) is 6.64. The van der Waals surface area contributed by atoms with Crippen LogP contribution in [0.25, 0.3) is 5.70 Å². The summed E-state index contributed by atoms with van der Waals surface area (Å²) in [4.78, 5) is 7.04. The smallest absolute Gasteiger partial charge is 0.153 e. The monoisotopic (exact) mass is 478 g/mol. The Morgan fingerprint density at radius 1 is 1.12 bits per heavy atom. The van der Waals surface area contributed by atoms with Crippen LogP contribution in [0.2, 0.25) is 5.02 Å². The Bertz CT molecular complexity index is 1140. The molecule has 4 nitrogen and oxygen atoms in total. The van der Waals surface area contributed by atoms with E-state index in [-0.39, 0.29) is 5.82 Å². The first-order valence-electron chi connectivity index (χ1n) is 11.7. The normalized spacial score (nSPS) is 17.2. The second-order valence-corrected chi connectivity index (χ2v) is 9.59. The molecule has 0 amide bonds. The van der Waals surface area contributed by atoms with Crippen molar-refractivity contribution in [2.75, 3.05) is 19.6 Å². The first-order chi connectivity index (χ1) is 16.2. The van der Waals surface area contributed by atoms with Gasteiger partial charge in [-0.15, -0.1) is 0 Å². The fraction of sp³-hybridized carbons (Fsp3) is 0.321. The highest BCUT2D eigenvalue weighted by Crippen LogP contribution is 2.34. The molecule has 178 valence electrons. The van der Waals surface area contributed by atoms with E-state index in [1.165, 1.54) is 5.56 Å². The molecule has 0 spiro atoms. The summed E-state index contributed by atoms with van der Waals surface area (Å²) in [5.41, 5.74) is 10.2. The van der Waals surface area contributed by atoms with Crippen LogP contribution in [0.4, 0.5) is 4.39 Å². The Balaban J connectivity index is 1.55. The Hall–Kier alpha value is -3.05. The minimum absolute atomic E-state index is 0.189. The van der Waals surface area contributed by atoms with Gasteiger partial charge in [0.25, 0.3) is 0 Å². The van der Waals surface area contributed by atoms with Crippen molar-refractivity contribution in [3.8, 4) is 0 Å². The Morgan fingerprint density at radius 3 is 2.44 bits per heavy atom. The van der Waals surface area contributed by atoms with Crippen LogP contribution in [0.15, 0.2) is 72.5 Å². The molecule has 0 bridgehead atoms. The van der Waals surface area contributed by atoms with Crippen molar-refractivity contribution in [2.45, 2.75) is 39.0 Å². The zero-order chi connectivity index (χ0) is 24.4. The summed E-state index contributed by atoms with van der Waals surface area (Å²) < 4.78 is 13.3. The maximum absolute atomic E-state index is 13.3. The lowest BCUT2D eigenvalue weighted by Crippen LogP contribution is -2.40. The standard InChI is InChI=1S/C28H32ClFN4/c1-18(2)34-15-10-20(4)31-28(32-34)26-17-25(19(3)16-27(26)29)21(5)33-13-11-23(12-14-33)22-6-8-24(30)9-7-22/h6-9,16-17,23H,1,4-5,10-15H2,2-3H3,(H,31,32). The summed E-state index contributed by atoms with van der Waals surface area (Å²) >= 11 is 6.69. The minimum atomic E-state index is -0.189. The highest BCUT2D eigenvalue weighted by molar-refractivity contribution is 6.34. The fourth-order valence-electron chi connectivity index (χ4n) is 4.62. The summed E-state index contributed by atoms with van der Waals surface area (Å²) in [5.74, 6) is 0.918. The van der Waals surface area contributed by atoms with Gasteiger partial charge in [-0.3, -0.25) is 10.4 Å². The molecule has 6 heteroatoms. The minimum Gasteiger partial charge on any atom is -0.371 e. The number of allylic oxidation sites excluding steroid dienone is 1. The number of hydrazine groups is 1. The number of hydrogen-bond acceptors (Lipinski definition) is 4. The van der Waals surface area contributed by atoms with Gasteiger partial charge in [0, 0.05) is 54.3 Å². The van der Waals surface area contributed by atoms with Crippen molar-refractivity contribution in [2.24, 2.45) is 4.99 Å². The van der Waals surface area contributed by atoms with Gasteiger partial charge in [0.2, 0.25) is 0 Å². The van der Waals surface area contributed by atoms with Crippen LogP contribution in [0.3, 0.4) is 0 Å². The molecule has 1 fully saturated rings. The van der Waals surface area contributed by atoms with Gasteiger partial charge in [-0.2, -0.15) is 0 Å². The zero-order valence-electron chi connectivity index (χ0n) is 20.0. The second-order valence-electron chi connectivity index (χ2n) is 9.18. The molecule has 1 saturated heterocycles. The van der Waals surface area contributed by atoms with E-state index in [1.54, 1.807) is 12.1 Å². The molecule has 0 aromatic heterocycles. The number of nitrogens with zero attached hydrogens (tertiary/aromatic N) is 3. The SMILES string of the molecule is C=C1CCN(C(=C)C)NC(c2cc(C(=C)N3CCC(c4ccc(F)cc4)CC3)c(C)cc2Cl)=N1. The first kappa shape index (κ1) is 24.1. The molecule has 2 aromatic rings. The molecule has 2 aliphatic heterocycles. The van der Waals surface area contributed by atoms with Crippen LogP contribution >= 0.6 is 11.6 Å². The van der Waals surface area contributed by atoms with Crippen molar-refractivity contribution >= 4 is 23.1 Å². The van der Waals surface area contributed by atoms with Gasteiger partial charge in [0.1, 0.15) is 5.82 Å². The summed E-state index contributed by atoms with van der Waals surface area (Å²) in [6, 6.07) is 11.0. The van der Waals surface area contributed by atoms with E-state index in [0.717, 1.165) is 72.7 Å². The number of nitrogens with one attached hydrogen (secondary N) is 1. The second kappa shape index (κ2) is 10.1. The van der Waals surface area contributed by atoms with Crippen molar-refractivity contribution < 1.29 is 4.39 Å². The van der Waals surface area contributed by atoms with E-state index in [4.69, 9.17) is 16.6 Å². The molecule has 0 atom stereocenters. The van der Waals surface area contributed by atoms with Crippen LogP contribution in [-0.2, 0) is 0 Å². The lowest BCUT2D eigenvalue weighted by molar-refractivity contribution is 0.299. The molecular formula is C28H32ClFN4. The van der Waals surface area contributed by atoms with Gasteiger partial charge >= 0.3 is 0 Å². The molecule has 1 N–H and O–H groups in total. The summed E-state index contributed by atoms with van der Waals surface area (Å²) in [7, 11) is 0. The van der Waals surface area contributed by atoms with Crippen molar-refractivity contribution in [1.82, 2.24) is 15.3 Å². The number of amidine groups is 1. The van der Waals surface area contributed by atoms with E-state index in [1.807, 2.05) is 30.1 Å². The Kier molecular flexibility index (Phi) is 7.13. The average Bonchev–Trinajstić information content (AvgIpc) is 3.01. The van der Waals surface area contributed by atoms with Crippen molar-refractivity contribution in [3.63, 3.8) is 0 Å². The maximum Gasteiger partial charge on any atom is 0.153 e. The molecule has 4 rings (SSSR count). The van der Waals surface area contributed by atoms with Gasteiger partial charge in [-0.05, 0) is 68.0 Å². The Labute approximate surface area is 207 Å². The van der Waals surface area contributed by atoms with Gasteiger partial charge < -0.3 is 4.90 Å². The maximum atomic E-state index is 13.3. The number of aryl methyl sites for hydroxylation is 1. The zero-order valence-corrected chi connectivity index (χ0v) is 20.8. The number of piperidine rings is 1. The van der Waals surface area contributed by atoms with Crippen LogP contribution in [-0.4, -0.2) is 35.4 Å². The number of halogens is 2. The van der Waals surface area contributed by atoms with E-state index in [0.29, 0.717) is 16.8 Å². The quantitative estimate of drug-likeness (QED) is 0.522. The number of rotatable bonds is 5. The topological polar surface area (TPSA) is 30.9 Å².